The Bertz CT molecular complexity index is 1300. The van der Waals surface area contributed by atoms with Crippen LogP contribution in [0.25, 0.3) is 11.1 Å². The normalized spacial score (nSPS) is 22.3. The Kier molecular flexibility index (Phi) is 6.27. The van der Waals surface area contributed by atoms with Crippen molar-refractivity contribution in [2.24, 2.45) is 5.92 Å². The number of carbonyl (C=O) groups is 2. The molecule has 1 aliphatic carbocycles. The smallest absolute Gasteiger partial charge is 0.410 e. The van der Waals surface area contributed by atoms with Crippen LogP contribution in [-0.4, -0.2) is 35.5 Å². The number of nitrogens with zero attached hydrogens (tertiary/aromatic N) is 1. The largest absolute Gasteiger partial charge is 0.448 e. The van der Waals surface area contributed by atoms with Gasteiger partial charge in [-0.3, -0.25) is 4.79 Å². The molecule has 2 aliphatic heterocycles. The first-order chi connectivity index (χ1) is 18.0. The third-order valence-corrected chi connectivity index (χ3v) is 8.36. The molecule has 3 aliphatic rings. The first kappa shape index (κ1) is 23.8. The van der Waals surface area contributed by atoms with Gasteiger partial charge in [-0.15, -0.1) is 0 Å². The molecular weight excluding hydrogens is 472 g/mol. The maximum Gasteiger partial charge on any atom is 0.410 e. The summed E-state index contributed by atoms with van der Waals surface area (Å²) in [4.78, 5) is 28.3. The van der Waals surface area contributed by atoms with Crippen molar-refractivity contribution in [3.63, 3.8) is 0 Å². The van der Waals surface area contributed by atoms with Crippen LogP contribution in [0.5, 0.6) is 0 Å². The quantitative estimate of drug-likeness (QED) is 0.393. The minimum atomic E-state index is -0.690. The number of benzene rings is 3. The number of ether oxygens (including phenoxy) is 1. The summed E-state index contributed by atoms with van der Waals surface area (Å²) in [5.41, 5.74) is 4.94. The molecule has 2 heterocycles. The monoisotopic (exact) mass is 501 g/mol. The number of hydrogen-bond donors (Lipinski definition) is 0. The van der Waals surface area contributed by atoms with Crippen molar-refractivity contribution in [2.75, 3.05) is 6.61 Å². The van der Waals surface area contributed by atoms with Gasteiger partial charge >= 0.3 is 6.09 Å². The molecule has 6 heteroatoms. The van der Waals surface area contributed by atoms with Gasteiger partial charge in [0.1, 0.15) is 24.0 Å². The molecule has 3 aromatic rings. The average Bonchev–Trinajstić information content (AvgIpc) is 3.21. The predicted octanol–water partition coefficient (Wildman–Crippen LogP) is 6.66. The molecule has 0 radical (unpaired) electrons. The van der Waals surface area contributed by atoms with Crippen LogP contribution in [0.2, 0.25) is 0 Å². The molecule has 190 valence electrons. The van der Waals surface area contributed by atoms with Crippen LogP contribution in [0.15, 0.2) is 66.7 Å². The van der Waals surface area contributed by atoms with E-state index in [1.807, 2.05) is 29.2 Å². The number of hydrogen-bond acceptors (Lipinski definition) is 3. The summed E-state index contributed by atoms with van der Waals surface area (Å²) in [6.45, 7) is 0.273. The summed E-state index contributed by atoms with van der Waals surface area (Å²) in [6.07, 6.45) is 3.42. The second kappa shape index (κ2) is 9.73. The summed E-state index contributed by atoms with van der Waals surface area (Å²) in [7, 11) is 0. The van der Waals surface area contributed by atoms with Gasteiger partial charge in [-0.05, 0) is 66.0 Å². The Morgan fingerprint density at radius 3 is 2.11 bits per heavy atom. The molecule has 0 aromatic heterocycles. The van der Waals surface area contributed by atoms with Gasteiger partial charge in [-0.1, -0.05) is 54.6 Å². The minimum absolute atomic E-state index is 0.000845. The number of ketones is 1. The molecule has 0 spiro atoms. The molecule has 3 aromatic carbocycles. The summed E-state index contributed by atoms with van der Waals surface area (Å²) >= 11 is 0. The number of amides is 1. The molecule has 2 bridgehead atoms. The minimum Gasteiger partial charge on any atom is -0.448 e. The van der Waals surface area contributed by atoms with E-state index in [1.165, 1.54) is 34.4 Å². The van der Waals surface area contributed by atoms with Crippen molar-refractivity contribution in [3.8, 4) is 11.1 Å². The van der Waals surface area contributed by atoms with Gasteiger partial charge < -0.3 is 9.64 Å². The Labute approximate surface area is 215 Å². The van der Waals surface area contributed by atoms with E-state index in [-0.39, 0.29) is 54.4 Å². The molecule has 37 heavy (non-hydrogen) atoms. The second-order valence-electron chi connectivity index (χ2n) is 10.5. The van der Waals surface area contributed by atoms with E-state index in [0.29, 0.717) is 12.8 Å². The highest BCUT2D eigenvalue weighted by Crippen LogP contribution is 2.45. The molecular formula is C31H29F2NO3. The third kappa shape index (κ3) is 4.43. The fourth-order valence-corrected chi connectivity index (χ4v) is 6.61. The number of rotatable bonds is 5. The highest BCUT2D eigenvalue weighted by atomic mass is 19.1. The molecule has 2 unspecified atom stereocenters. The first-order valence-electron chi connectivity index (χ1n) is 13.1. The zero-order valence-corrected chi connectivity index (χ0v) is 20.5. The van der Waals surface area contributed by atoms with Crippen LogP contribution < -0.4 is 0 Å². The lowest BCUT2D eigenvalue weighted by Gasteiger charge is -2.47. The van der Waals surface area contributed by atoms with Crippen LogP contribution in [-0.2, 0) is 16.0 Å². The van der Waals surface area contributed by atoms with Crippen molar-refractivity contribution in [1.82, 2.24) is 4.90 Å². The van der Waals surface area contributed by atoms with Crippen molar-refractivity contribution in [2.45, 2.75) is 56.5 Å². The third-order valence-electron chi connectivity index (χ3n) is 8.36. The molecule has 0 N–H and O–H groups in total. The van der Waals surface area contributed by atoms with E-state index in [4.69, 9.17) is 4.74 Å². The highest BCUT2D eigenvalue weighted by molar-refractivity contribution is 5.84. The number of Topliss-reactive ketones (excluding diaryl/α,β-unsaturated/α-hetero) is 1. The van der Waals surface area contributed by atoms with E-state index < -0.39 is 11.6 Å². The van der Waals surface area contributed by atoms with Crippen molar-refractivity contribution in [3.05, 3.63) is 95.1 Å². The lowest BCUT2D eigenvalue weighted by atomic mass is 9.76. The van der Waals surface area contributed by atoms with E-state index in [1.54, 1.807) is 0 Å². The van der Waals surface area contributed by atoms with Gasteiger partial charge in [-0.25, -0.2) is 13.6 Å². The second-order valence-corrected chi connectivity index (χ2v) is 10.5. The average molecular weight is 502 g/mol. The summed E-state index contributed by atoms with van der Waals surface area (Å²) < 4.78 is 33.3. The zero-order valence-electron chi connectivity index (χ0n) is 20.5. The molecule has 1 amide bonds. The summed E-state index contributed by atoms with van der Waals surface area (Å²) in [5.74, 6) is -1.63. The SMILES string of the molecule is O=C(Cc1ccc(F)cc1F)C1CC2CCCC(C1)N2C(=O)OCC1c2ccccc2-c2ccccc21. The standard InChI is InChI=1S/C31H29F2NO3/c32-21-13-12-19(29(33)17-21)16-30(35)20-14-22-6-5-7-23(15-20)34(22)31(36)37-18-28-26-10-3-1-8-24(26)25-9-2-4-11-27(25)28/h1-4,8-13,17,20,22-23,28H,5-7,14-16,18H2. The van der Waals surface area contributed by atoms with Crippen molar-refractivity contribution >= 4 is 11.9 Å². The first-order valence-corrected chi connectivity index (χ1v) is 13.1. The Hall–Kier alpha value is -3.54. The molecule has 6 rings (SSSR count). The van der Waals surface area contributed by atoms with Crippen LogP contribution in [0.3, 0.4) is 0 Å². The van der Waals surface area contributed by atoms with Crippen molar-refractivity contribution in [1.29, 1.82) is 0 Å². The van der Waals surface area contributed by atoms with Crippen LogP contribution in [0, 0.1) is 17.6 Å². The van der Waals surface area contributed by atoms with Gasteiger partial charge in [0.05, 0.1) is 0 Å². The van der Waals surface area contributed by atoms with E-state index in [0.717, 1.165) is 25.3 Å². The molecule has 4 nitrogen and oxygen atoms in total. The van der Waals surface area contributed by atoms with E-state index in [2.05, 4.69) is 24.3 Å². The lowest BCUT2D eigenvalue weighted by Crippen LogP contribution is -2.56. The van der Waals surface area contributed by atoms with Gasteiger partial charge in [0.2, 0.25) is 0 Å². The van der Waals surface area contributed by atoms with Crippen LogP contribution >= 0.6 is 0 Å². The number of piperidine rings is 2. The maximum absolute atomic E-state index is 14.1. The molecule has 2 atom stereocenters. The lowest BCUT2D eigenvalue weighted by molar-refractivity contribution is -0.126. The van der Waals surface area contributed by atoms with Gasteiger partial charge in [0, 0.05) is 36.4 Å². The fraction of sp³-hybridized carbons (Fsp3) is 0.355. The summed E-state index contributed by atoms with van der Waals surface area (Å²) in [6, 6.07) is 19.7. The van der Waals surface area contributed by atoms with Gasteiger partial charge in [-0.2, -0.15) is 0 Å². The molecule has 0 saturated carbocycles. The van der Waals surface area contributed by atoms with Crippen molar-refractivity contribution < 1.29 is 23.1 Å². The Morgan fingerprint density at radius 2 is 1.49 bits per heavy atom. The van der Waals surface area contributed by atoms with Gasteiger partial charge in [0.25, 0.3) is 0 Å². The highest BCUT2D eigenvalue weighted by Gasteiger charge is 2.44. The topological polar surface area (TPSA) is 46.6 Å². The van der Waals surface area contributed by atoms with Crippen LogP contribution in [0.4, 0.5) is 13.6 Å². The van der Waals surface area contributed by atoms with Crippen LogP contribution in [0.1, 0.15) is 54.7 Å². The molecule has 2 fully saturated rings. The zero-order chi connectivity index (χ0) is 25.5. The predicted molar refractivity (Wildman–Crippen MR) is 136 cm³/mol. The Balaban J connectivity index is 1.13. The number of halogens is 2. The van der Waals surface area contributed by atoms with E-state index in [9.17, 15) is 18.4 Å². The maximum atomic E-state index is 14.1. The van der Waals surface area contributed by atoms with Gasteiger partial charge in [0.15, 0.2) is 0 Å². The fourth-order valence-electron chi connectivity index (χ4n) is 6.61. The number of fused-ring (bicyclic) bond motifs is 5. The summed E-state index contributed by atoms with van der Waals surface area (Å²) in [5, 5.41) is 0. The number of carbonyl (C=O) groups excluding carboxylic acids is 2. The van der Waals surface area contributed by atoms with E-state index >= 15 is 0 Å². The molecule has 2 saturated heterocycles. The Morgan fingerprint density at radius 1 is 0.865 bits per heavy atom.